The molecule has 0 aliphatic heterocycles. The Morgan fingerprint density at radius 1 is 0.792 bits per heavy atom. The molecule has 273 valence electrons. The summed E-state index contributed by atoms with van der Waals surface area (Å²) in [5.74, 6) is 0.0649. The molecule has 0 spiro atoms. The third-order valence-electron chi connectivity index (χ3n) is 9.49. The van der Waals surface area contributed by atoms with E-state index in [1.165, 1.54) is 0 Å². The molecular formula is C48H50IrN2OSi-2. The fourth-order valence-corrected chi connectivity index (χ4v) is 8.36. The van der Waals surface area contributed by atoms with Crippen LogP contribution in [0.1, 0.15) is 63.1 Å². The van der Waals surface area contributed by atoms with E-state index in [4.69, 9.17) is 9.90 Å². The monoisotopic (exact) mass is 895 g/mol. The second-order valence-electron chi connectivity index (χ2n) is 15.8. The van der Waals surface area contributed by atoms with Crippen LogP contribution in [0.25, 0.3) is 55.6 Å². The zero-order valence-corrected chi connectivity index (χ0v) is 34.9. The predicted molar refractivity (Wildman–Crippen MR) is 222 cm³/mol. The van der Waals surface area contributed by atoms with Gasteiger partial charge in [0.25, 0.3) is 0 Å². The summed E-state index contributed by atoms with van der Waals surface area (Å²) in [4.78, 5) is 9.19. The van der Waals surface area contributed by atoms with Crippen molar-refractivity contribution in [2.24, 2.45) is 11.3 Å². The van der Waals surface area contributed by atoms with Gasteiger partial charge in [0.2, 0.25) is 0 Å². The minimum Gasteiger partial charge on any atom is -0.501 e. The first-order valence-corrected chi connectivity index (χ1v) is 21.9. The zero-order valence-electron chi connectivity index (χ0n) is 35.5. The fourth-order valence-electron chi connectivity index (χ4n) is 6.97. The zero-order chi connectivity index (χ0) is 39.9. The number of hydrogen-bond donors (Lipinski definition) is 0. The molecule has 1 radical (unpaired) electrons. The van der Waals surface area contributed by atoms with Crippen LogP contribution in [0.15, 0.2) is 120 Å². The van der Waals surface area contributed by atoms with Crippen molar-refractivity contribution in [1.82, 2.24) is 9.97 Å². The molecule has 0 N–H and O–H groups in total. The van der Waals surface area contributed by atoms with Gasteiger partial charge in [0.15, 0.2) is 0 Å². The van der Waals surface area contributed by atoms with Crippen molar-refractivity contribution in [3.63, 3.8) is 0 Å². The van der Waals surface area contributed by atoms with Crippen molar-refractivity contribution in [3.05, 3.63) is 139 Å². The number of hydrogen-bond acceptors (Lipinski definition) is 3. The number of nitrogens with zero attached hydrogens (tertiary/aromatic N) is 2. The topological polar surface area (TPSA) is 38.9 Å². The van der Waals surface area contributed by atoms with Gasteiger partial charge < -0.3 is 14.4 Å². The molecule has 0 amide bonds. The number of rotatable bonds is 7. The first kappa shape index (κ1) is 33.4. The van der Waals surface area contributed by atoms with Crippen LogP contribution in [0.2, 0.25) is 19.6 Å². The first-order valence-electron chi connectivity index (χ1n) is 20.4. The summed E-state index contributed by atoms with van der Waals surface area (Å²) in [7, 11) is -1.70. The molecule has 0 saturated heterocycles. The minimum atomic E-state index is -1.70. The van der Waals surface area contributed by atoms with Crippen LogP contribution < -0.4 is 5.19 Å². The van der Waals surface area contributed by atoms with E-state index in [-0.39, 0.29) is 26.0 Å². The maximum absolute atomic E-state index is 8.78. The molecule has 1 aliphatic carbocycles. The van der Waals surface area contributed by atoms with Crippen molar-refractivity contribution in [2.75, 3.05) is 0 Å². The molecule has 1 fully saturated rings. The summed E-state index contributed by atoms with van der Waals surface area (Å²) in [5.41, 5.74) is 7.97. The van der Waals surface area contributed by atoms with E-state index >= 15 is 0 Å². The van der Waals surface area contributed by atoms with Crippen LogP contribution >= 0.6 is 0 Å². The molecule has 0 bridgehead atoms. The van der Waals surface area contributed by atoms with Gasteiger partial charge in [0.1, 0.15) is 5.58 Å². The number of pyridine rings is 2. The summed E-state index contributed by atoms with van der Waals surface area (Å²) >= 11 is 0. The van der Waals surface area contributed by atoms with E-state index in [1.807, 2.05) is 99.8 Å². The first-order chi connectivity index (χ1) is 26.6. The van der Waals surface area contributed by atoms with Gasteiger partial charge in [0.05, 0.1) is 13.7 Å². The standard InChI is InChI=1S/C29H24NO.C19H26NSi.Ir/c1-2-9-22(10-3-1)23-13-14-24-25-11-6-12-26(29(25)31-28(24)19-23)27-18-21(15-16-30-27)17-20-7-4-5-8-20;1-19(2,3)13-16-12-17(15-10-8-7-9-11-15)20-14-18(16)21(4,5)6;/h1-3,6,9-11,13-16,18-20H,4-5,7-8,17H2;7-10,12,14H,13H2,1-6H3;/q2*-1;/i17D2;13D2;. The molecule has 0 atom stereocenters. The Balaban J connectivity index is 0.000000203. The Bertz CT molecular complexity index is 2470. The van der Waals surface area contributed by atoms with Crippen molar-refractivity contribution in [3.8, 4) is 33.6 Å². The molecule has 7 aromatic rings. The second kappa shape index (κ2) is 16.5. The van der Waals surface area contributed by atoms with Gasteiger partial charge in [-0.25, -0.2) is 0 Å². The second-order valence-corrected chi connectivity index (χ2v) is 20.9. The van der Waals surface area contributed by atoms with Gasteiger partial charge in [-0.2, -0.15) is 0 Å². The van der Waals surface area contributed by atoms with E-state index in [1.54, 1.807) is 6.20 Å². The Labute approximate surface area is 336 Å². The Kier molecular flexibility index (Phi) is 10.4. The smallest absolute Gasteiger partial charge is 0.121 e. The predicted octanol–water partition coefficient (Wildman–Crippen LogP) is 12.5. The third-order valence-corrected chi connectivity index (χ3v) is 11.5. The van der Waals surface area contributed by atoms with Gasteiger partial charge in [-0.1, -0.05) is 143 Å². The largest absolute Gasteiger partial charge is 0.501 e. The normalized spacial score (nSPS) is 15.1. The van der Waals surface area contributed by atoms with E-state index in [0.29, 0.717) is 11.3 Å². The van der Waals surface area contributed by atoms with Crippen LogP contribution in [0.3, 0.4) is 0 Å². The number of furan rings is 1. The van der Waals surface area contributed by atoms with Gasteiger partial charge in [-0.3, -0.25) is 0 Å². The average Bonchev–Trinajstić information content (AvgIpc) is 3.87. The third kappa shape index (κ3) is 9.33. The van der Waals surface area contributed by atoms with Crippen LogP contribution in [-0.4, -0.2) is 18.0 Å². The molecule has 1 aliphatic rings. The molecule has 0 unspecified atom stereocenters. The van der Waals surface area contributed by atoms with E-state index in [0.717, 1.165) is 86.3 Å². The summed E-state index contributed by atoms with van der Waals surface area (Å²) in [6, 6.07) is 40.3. The minimum absolute atomic E-state index is 0. The van der Waals surface area contributed by atoms with E-state index in [9.17, 15) is 0 Å². The fraction of sp³-hybridized carbons (Fsp3) is 0.292. The molecule has 3 heterocycles. The molecule has 53 heavy (non-hydrogen) atoms. The molecule has 3 nitrogen and oxygen atoms in total. The molecule has 8 rings (SSSR count). The SMILES string of the molecule is [2H]C([2H])(c1cc(-c2[c-]cccc2)ncc1[Si](C)(C)C)C(C)(C)C.[2H]C([2H])(c1ccnc(-c2[c-]ccc3c2oc2cc(-c4ccccc4)ccc23)c1)C1CCCC1.[Ir]. The molecular weight excluding hydrogens is 841 g/mol. The van der Waals surface area contributed by atoms with Crippen molar-refractivity contribution in [1.29, 1.82) is 0 Å². The van der Waals surface area contributed by atoms with Gasteiger partial charge in [0, 0.05) is 43.4 Å². The summed E-state index contributed by atoms with van der Waals surface area (Å²) in [6.45, 7) is 12.6. The van der Waals surface area contributed by atoms with Crippen LogP contribution in [-0.2, 0) is 32.9 Å². The van der Waals surface area contributed by atoms with Gasteiger partial charge >= 0.3 is 0 Å². The maximum atomic E-state index is 8.78. The molecule has 3 aromatic heterocycles. The Hall–Kier alpha value is -4.15. The number of fused-ring (bicyclic) bond motifs is 3. The summed E-state index contributed by atoms with van der Waals surface area (Å²) in [6.07, 6.45) is 4.93. The van der Waals surface area contributed by atoms with Crippen molar-refractivity contribution < 1.29 is 30.0 Å². The van der Waals surface area contributed by atoms with E-state index < -0.39 is 26.2 Å². The van der Waals surface area contributed by atoms with Gasteiger partial charge in [-0.05, 0) is 63.9 Å². The maximum Gasteiger partial charge on any atom is 0.121 e. The van der Waals surface area contributed by atoms with E-state index in [2.05, 4.69) is 72.1 Å². The van der Waals surface area contributed by atoms with Crippen LogP contribution in [0.5, 0.6) is 0 Å². The quantitative estimate of drug-likeness (QED) is 0.118. The summed E-state index contributed by atoms with van der Waals surface area (Å²) in [5, 5.41) is 3.17. The average molecular weight is 895 g/mol. The number of benzene rings is 4. The summed E-state index contributed by atoms with van der Waals surface area (Å²) < 4.78 is 41.4. The molecule has 4 aromatic carbocycles. The van der Waals surface area contributed by atoms with Crippen molar-refractivity contribution >= 4 is 35.2 Å². The molecule has 5 heteroatoms. The Morgan fingerprint density at radius 3 is 2.28 bits per heavy atom. The van der Waals surface area contributed by atoms with Gasteiger partial charge in [-0.15, -0.1) is 54.1 Å². The van der Waals surface area contributed by atoms with Crippen LogP contribution in [0.4, 0.5) is 0 Å². The van der Waals surface area contributed by atoms with Crippen molar-refractivity contribution in [2.45, 2.75) is 78.8 Å². The van der Waals surface area contributed by atoms with Crippen LogP contribution in [0, 0.1) is 23.5 Å². The number of aromatic nitrogens is 2. The Morgan fingerprint density at radius 2 is 1.57 bits per heavy atom. The molecule has 1 saturated carbocycles.